The van der Waals surface area contributed by atoms with Crippen molar-refractivity contribution in [2.75, 3.05) is 13.1 Å². The van der Waals surface area contributed by atoms with E-state index >= 15 is 0 Å². The van der Waals surface area contributed by atoms with Gasteiger partial charge in [-0.25, -0.2) is 0 Å². The van der Waals surface area contributed by atoms with E-state index in [1.165, 1.54) is 16.2 Å². The Kier molecular flexibility index (Phi) is 4.26. The second-order valence-corrected chi connectivity index (χ2v) is 3.92. The Morgan fingerprint density at radius 2 is 2.20 bits per heavy atom. The molecule has 1 amide bonds. The summed E-state index contributed by atoms with van der Waals surface area (Å²) in [6.07, 6.45) is 0. The summed E-state index contributed by atoms with van der Waals surface area (Å²) in [4.78, 5) is 22.7. The highest BCUT2D eigenvalue weighted by atomic mass is 32.1. The van der Waals surface area contributed by atoms with Gasteiger partial charge in [0.15, 0.2) is 0 Å². The maximum atomic E-state index is 10.7. The molecule has 0 bridgehead atoms. The molecule has 0 aliphatic carbocycles. The van der Waals surface area contributed by atoms with Crippen molar-refractivity contribution in [2.45, 2.75) is 6.54 Å². The Balaban J connectivity index is 2.55. The average molecular weight is 228 g/mol. The number of carbonyl (C=O) groups is 2. The van der Waals surface area contributed by atoms with Gasteiger partial charge in [-0.3, -0.25) is 14.5 Å². The first-order valence-corrected chi connectivity index (χ1v) is 5.25. The van der Waals surface area contributed by atoms with Gasteiger partial charge in [-0.15, -0.1) is 0 Å². The largest absolute Gasteiger partial charge is 0.480 e. The molecule has 0 spiro atoms. The molecular formula is C9H12N2O3S. The van der Waals surface area contributed by atoms with Gasteiger partial charge >= 0.3 is 5.97 Å². The van der Waals surface area contributed by atoms with E-state index in [0.29, 0.717) is 6.54 Å². The minimum absolute atomic E-state index is 0.0395. The van der Waals surface area contributed by atoms with E-state index in [-0.39, 0.29) is 13.1 Å². The molecule has 0 aromatic carbocycles. The lowest BCUT2D eigenvalue weighted by Crippen LogP contribution is -2.36. The zero-order chi connectivity index (χ0) is 11.3. The van der Waals surface area contributed by atoms with Gasteiger partial charge in [0.25, 0.3) is 0 Å². The highest BCUT2D eigenvalue weighted by Crippen LogP contribution is 2.08. The lowest BCUT2D eigenvalue weighted by atomic mass is 10.3. The molecule has 6 heteroatoms. The van der Waals surface area contributed by atoms with Gasteiger partial charge in [-0.1, -0.05) is 0 Å². The maximum Gasteiger partial charge on any atom is 0.317 e. The van der Waals surface area contributed by atoms with Crippen molar-refractivity contribution >= 4 is 23.2 Å². The van der Waals surface area contributed by atoms with E-state index in [1.807, 2.05) is 16.8 Å². The van der Waals surface area contributed by atoms with Gasteiger partial charge in [0, 0.05) is 6.54 Å². The molecule has 15 heavy (non-hydrogen) atoms. The Morgan fingerprint density at radius 3 is 2.67 bits per heavy atom. The average Bonchev–Trinajstić information content (AvgIpc) is 2.53. The lowest BCUT2D eigenvalue weighted by molar-refractivity contribution is -0.138. The number of rotatable bonds is 6. The molecule has 0 atom stereocenters. The quantitative estimate of drug-likeness (QED) is 0.724. The van der Waals surface area contributed by atoms with Gasteiger partial charge in [0.1, 0.15) is 0 Å². The van der Waals surface area contributed by atoms with Crippen LogP contribution in [0.2, 0.25) is 0 Å². The Hall–Kier alpha value is -1.40. The second-order valence-electron chi connectivity index (χ2n) is 3.14. The van der Waals surface area contributed by atoms with Crippen molar-refractivity contribution in [1.29, 1.82) is 0 Å². The standard InChI is InChI=1S/C9H12N2O3S/c10-8(12)4-11(5-9(13)14)3-7-1-2-15-6-7/h1-2,6H,3-5H2,(H2,10,12)(H,13,14). The maximum absolute atomic E-state index is 10.7. The third-order valence-electron chi connectivity index (χ3n) is 1.72. The van der Waals surface area contributed by atoms with Crippen LogP contribution in [-0.2, 0) is 16.1 Å². The molecule has 0 radical (unpaired) electrons. The van der Waals surface area contributed by atoms with Crippen molar-refractivity contribution < 1.29 is 14.7 Å². The molecule has 0 unspecified atom stereocenters. The molecule has 0 aliphatic heterocycles. The van der Waals surface area contributed by atoms with Crippen molar-refractivity contribution in [2.24, 2.45) is 5.73 Å². The predicted octanol–water partition coefficient (Wildman–Crippen LogP) is 0.120. The van der Waals surface area contributed by atoms with Crippen LogP contribution in [0.25, 0.3) is 0 Å². The topological polar surface area (TPSA) is 83.6 Å². The van der Waals surface area contributed by atoms with Gasteiger partial charge in [-0.2, -0.15) is 11.3 Å². The van der Waals surface area contributed by atoms with Gasteiger partial charge in [-0.05, 0) is 22.4 Å². The molecule has 0 saturated carbocycles. The first-order valence-electron chi connectivity index (χ1n) is 4.31. The number of aliphatic carboxylic acids is 1. The van der Waals surface area contributed by atoms with E-state index in [0.717, 1.165) is 5.56 Å². The number of carboxylic acids is 1. The second kappa shape index (κ2) is 5.47. The minimum Gasteiger partial charge on any atom is -0.480 e. The molecule has 1 heterocycles. The van der Waals surface area contributed by atoms with Gasteiger partial charge in [0.05, 0.1) is 13.1 Å². The summed E-state index contributed by atoms with van der Waals surface area (Å²) >= 11 is 1.53. The number of nitrogens with two attached hydrogens (primary N) is 1. The van der Waals surface area contributed by atoms with Crippen LogP contribution < -0.4 is 5.73 Å². The number of hydrogen-bond donors (Lipinski definition) is 2. The summed E-state index contributed by atoms with van der Waals surface area (Å²) in [6.45, 7) is 0.208. The van der Waals surface area contributed by atoms with Crippen LogP contribution in [0.5, 0.6) is 0 Å². The number of nitrogens with zero attached hydrogens (tertiary/aromatic N) is 1. The van der Waals surface area contributed by atoms with Crippen LogP contribution in [-0.4, -0.2) is 35.0 Å². The predicted molar refractivity (Wildman–Crippen MR) is 56.4 cm³/mol. The first-order chi connectivity index (χ1) is 7.08. The fraction of sp³-hybridized carbons (Fsp3) is 0.333. The van der Waals surface area contributed by atoms with Gasteiger partial charge in [0.2, 0.25) is 5.91 Å². The summed E-state index contributed by atoms with van der Waals surface area (Å²) in [7, 11) is 0. The van der Waals surface area contributed by atoms with E-state index < -0.39 is 11.9 Å². The van der Waals surface area contributed by atoms with E-state index in [1.54, 1.807) is 0 Å². The molecule has 1 aromatic heterocycles. The highest BCUT2D eigenvalue weighted by Gasteiger charge is 2.12. The van der Waals surface area contributed by atoms with E-state index in [2.05, 4.69) is 0 Å². The summed E-state index contributed by atoms with van der Waals surface area (Å²) < 4.78 is 0. The fourth-order valence-corrected chi connectivity index (χ4v) is 1.88. The van der Waals surface area contributed by atoms with E-state index in [4.69, 9.17) is 10.8 Å². The van der Waals surface area contributed by atoms with Crippen LogP contribution >= 0.6 is 11.3 Å². The summed E-state index contributed by atoms with van der Waals surface area (Å²) in [5, 5.41) is 12.4. The van der Waals surface area contributed by atoms with Crippen molar-refractivity contribution in [3.8, 4) is 0 Å². The van der Waals surface area contributed by atoms with Crippen molar-refractivity contribution in [1.82, 2.24) is 4.90 Å². The monoisotopic (exact) mass is 228 g/mol. The number of carboxylic acid groups (broad SMARTS) is 1. The van der Waals surface area contributed by atoms with Gasteiger partial charge < -0.3 is 10.8 Å². The molecule has 1 rings (SSSR count). The molecular weight excluding hydrogens is 216 g/mol. The lowest BCUT2D eigenvalue weighted by Gasteiger charge is -2.17. The number of amides is 1. The fourth-order valence-electron chi connectivity index (χ4n) is 1.22. The molecule has 0 aliphatic rings. The van der Waals surface area contributed by atoms with Crippen molar-refractivity contribution in [3.05, 3.63) is 22.4 Å². The Labute approximate surface area is 91.1 Å². The molecule has 0 fully saturated rings. The minimum atomic E-state index is -0.966. The third kappa shape index (κ3) is 4.57. The number of hydrogen-bond acceptors (Lipinski definition) is 4. The first kappa shape index (κ1) is 11.7. The Morgan fingerprint density at radius 1 is 1.47 bits per heavy atom. The summed E-state index contributed by atoms with van der Waals surface area (Å²) in [5.41, 5.74) is 6.02. The number of thiophene rings is 1. The molecule has 5 nitrogen and oxygen atoms in total. The van der Waals surface area contributed by atoms with E-state index in [9.17, 15) is 9.59 Å². The van der Waals surface area contributed by atoms with Crippen molar-refractivity contribution in [3.63, 3.8) is 0 Å². The van der Waals surface area contributed by atoms with Crippen LogP contribution in [0, 0.1) is 0 Å². The number of carbonyl (C=O) groups excluding carboxylic acids is 1. The highest BCUT2D eigenvalue weighted by molar-refractivity contribution is 7.07. The smallest absolute Gasteiger partial charge is 0.317 e. The molecule has 1 aromatic rings. The Bertz CT molecular complexity index is 321. The van der Waals surface area contributed by atoms with Crippen LogP contribution in [0.15, 0.2) is 16.8 Å². The zero-order valence-corrected chi connectivity index (χ0v) is 8.87. The molecule has 82 valence electrons. The van der Waals surface area contributed by atoms with Crippen LogP contribution in [0.4, 0.5) is 0 Å². The SMILES string of the molecule is NC(=O)CN(CC(=O)O)Cc1ccsc1. The normalized spacial score (nSPS) is 10.5. The number of primary amides is 1. The van der Waals surface area contributed by atoms with Crippen LogP contribution in [0.3, 0.4) is 0 Å². The summed E-state index contributed by atoms with van der Waals surface area (Å²) in [5.74, 6) is -1.49. The molecule has 0 saturated heterocycles. The third-order valence-corrected chi connectivity index (χ3v) is 2.46. The summed E-state index contributed by atoms with van der Waals surface area (Å²) in [6, 6.07) is 1.89. The zero-order valence-electron chi connectivity index (χ0n) is 8.05. The van der Waals surface area contributed by atoms with Crippen LogP contribution in [0.1, 0.15) is 5.56 Å². The molecule has 3 N–H and O–H groups in total.